The van der Waals surface area contributed by atoms with Crippen LogP contribution < -0.4 is 10.2 Å². The van der Waals surface area contributed by atoms with E-state index in [0.717, 1.165) is 5.69 Å². The van der Waals surface area contributed by atoms with Crippen LogP contribution in [0.4, 0.5) is 10.5 Å². The minimum Gasteiger partial charge on any atom is -0.455 e. The Hall–Kier alpha value is -2.58. The molecule has 1 saturated heterocycles. The van der Waals surface area contributed by atoms with Gasteiger partial charge in [-0.2, -0.15) is 0 Å². The Morgan fingerprint density at radius 3 is 2.39 bits per heavy atom. The molecule has 1 aromatic heterocycles. The number of halogens is 1. The maximum Gasteiger partial charge on any atom is 0.359 e. The number of imidazole rings is 1. The number of benzene rings is 1. The number of esters is 1. The Balaban J connectivity index is 1.86. The van der Waals surface area contributed by atoms with Crippen molar-refractivity contribution in [1.29, 1.82) is 0 Å². The molecule has 3 heterocycles. The van der Waals surface area contributed by atoms with Gasteiger partial charge in [-0.3, -0.25) is 9.47 Å². The van der Waals surface area contributed by atoms with Crippen molar-refractivity contribution < 1.29 is 14.3 Å². The SMILES string of the molecule is C[C@@H]1CN(C(=O)N2c3cc(Cl)ccc3-n3cnc(C(=O)OC(C)(C)C)c3C2(C)C)C[C@H](C)N1. The number of carbonyl (C=O) groups excluding carboxylic acids is 2. The largest absolute Gasteiger partial charge is 0.455 e. The number of amides is 2. The molecule has 0 spiro atoms. The monoisotopic (exact) mass is 473 g/mol. The zero-order valence-electron chi connectivity index (χ0n) is 20.3. The number of urea groups is 1. The highest BCUT2D eigenvalue weighted by molar-refractivity contribution is 6.31. The van der Waals surface area contributed by atoms with Crippen LogP contribution in [0.3, 0.4) is 0 Å². The molecule has 178 valence electrons. The van der Waals surface area contributed by atoms with Crippen molar-refractivity contribution in [2.75, 3.05) is 18.0 Å². The van der Waals surface area contributed by atoms with Gasteiger partial charge in [-0.25, -0.2) is 14.6 Å². The Labute approximate surface area is 199 Å². The number of rotatable bonds is 1. The lowest BCUT2D eigenvalue weighted by molar-refractivity contribution is 0.00600. The van der Waals surface area contributed by atoms with E-state index >= 15 is 0 Å². The Morgan fingerprint density at radius 1 is 1.15 bits per heavy atom. The second-order valence-corrected chi connectivity index (χ2v) is 10.9. The number of piperazine rings is 1. The smallest absolute Gasteiger partial charge is 0.359 e. The molecule has 33 heavy (non-hydrogen) atoms. The highest BCUT2D eigenvalue weighted by Crippen LogP contribution is 2.45. The van der Waals surface area contributed by atoms with Crippen LogP contribution >= 0.6 is 11.6 Å². The first kappa shape index (κ1) is 23.6. The van der Waals surface area contributed by atoms with Gasteiger partial charge in [0.05, 0.1) is 22.6 Å². The van der Waals surface area contributed by atoms with Gasteiger partial charge in [0.2, 0.25) is 0 Å². The second kappa shape index (κ2) is 8.02. The fourth-order valence-corrected chi connectivity index (χ4v) is 5.01. The summed E-state index contributed by atoms with van der Waals surface area (Å²) in [6.45, 7) is 14.6. The summed E-state index contributed by atoms with van der Waals surface area (Å²) >= 11 is 6.37. The van der Waals surface area contributed by atoms with Gasteiger partial charge in [-0.15, -0.1) is 0 Å². The van der Waals surface area contributed by atoms with Gasteiger partial charge >= 0.3 is 12.0 Å². The van der Waals surface area contributed by atoms with Gasteiger partial charge in [0.15, 0.2) is 5.69 Å². The van der Waals surface area contributed by atoms with E-state index in [1.165, 1.54) is 0 Å². The highest BCUT2D eigenvalue weighted by Gasteiger charge is 2.47. The first-order chi connectivity index (χ1) is 15.3. The number of hydrogen-bond donors (Lipinski definition) is 1. The molecule has 2 atom stereocenters. The third-order valence-electron chi connectivity index (χ3n) is 5.96. The second-order valence-electron chi connectivity index (χ2n) is 10.5. The molecule has 1 fully saturated rings. The maximum atomic E-state index is 14.0. The van der Waals surface area contributed by atoms with Crippen LogP contribution in [0.1, 0.15) is 64.6 Å². The lowest BCUT2D eigenvalue weighted by atomic mass is 9.91. The summed E-state index contributed by atoms with van der Waals surface area (Å²) in [5, 5.41) is 3.99. The summed E-state index contributed by atoms with van der Waals surface area (Å²) in [7, 11) is 0. The summed E-state index contributed by atoms with van der Waals surface area (Å²) in [6.07, 6.45) is 1.61. The van der Waals surface area contributed by atoms with Crippen molar-refractivity contribution in [2.45, 2.75) is 71.7 Å². The number of ether oxygens (including phenoxy) is 1. The third-order valence-corrected chi connectivity index (χ3v) is 6.19. The van der Waals surface area contributed by atoms with E-state index in [-0.39, 0.29) is 23.8 Å². The van der Waals surface area contributed by atoms with Crippen LogP contribution in [0.5, 0.6) is 0 Å². The van der Waals surface area contributed by atoms with Crippen molar-refractivity contribution in [2.24, 2.45) is 0 Å². The van der Waals surface area contributed by atoms with Gasteiger partial charge < -0.3 is 15.0 Å². The predicted octanol–water partition coefficient (Wildman–Crippen LogP) is 4.34. The van der Waals surface area contributed by atoms with Crippen LogP contribution in [0.25, 0.3) is 5.69 Å². The fraction of sp³-hybridized carbons (Fsp3) is 0.542. The number of hydrogen-bond acceptors (Lipinski definition) is 5. The number of anilines is 1. The quantitative estimate of drug-likeness (QED) is 0.623. The van der Waals surface area contributed by atoms with E-state index < -0.39 is 17.1 Å². The van der Waals surface area contributed by atoms with Crippen LogP contribution in [0, 0.1) is 0 Å². The topological polar surface area (TPSA) is 79.7 Å². The molecular weight excluding hydrogens is 442 g/mol. The molecule has 0 radical (unpaired) electrons. The van der Waals surface area contributed by atoms with Gasteiger partial charge in [-0.05, 0) is 66.7 Å². The molecule has 2 aliphatic rings. The Morgan fingerprint density at radius 2 is 1.79 bits per heavy atom. The third kappa shape index (κ3) is 4.22. The van der Waals surface area contributed by atoms with Crippen LogP contribution in [0.15, 0.2) is 24.5 Å². The summed E-state index contributed by atoms with van der Waals surface area (Å²) in [6, 6.07) is 5.63. The predicted molar refractivity (Wildman–Crippen MR) is 128 cm³/mol. The van der Waals surface area contributed by atoms with Crippen molar-refractivity contribution >= 4 is 29.3 Å². The van der Waals surface area contributed by atoms with Crippen LogP contribution in [-0.2, 0) is 10.3 Å². The van der Waals surface area contributed by atoms with E-state index in [9.17, 15) is 9.59 Å². The summed E-state index contributed by atoms with van der Waals surface area (Å²) in [5.41, 5.74) is 0.666. The Kier molecular flexibility index (Phi) is 5.73. The van der Waals surface area contributed by atoms with E-state index in [2.05, 4.69) is 24.1 Å². The molecule has 2 aromatic rings. The standard InChI is InChI=1S/C24H32ClN5O3/c1-14-11-28(12-15(2)27-14)22(32)30-18-10-16(25)8-9-17(18)29-13-26-19(20(29)24(30,6)7)21(31)33-23(3,4)5/h8-10,13-15,27H,11-12H2,1-7H3/t14-,15+. The first-order valence-corrected chi connectivity index (χ1v) is 11.6. The van der Waals surface area contributed by atoms with E-state index in [1.54, 1.807) is 23.4 Å². The summed E-state index contributed by atoms with van der Waals surface area (Å²) in [5.74, 6) is -0.515. The van der Waals surface area contributed by atoms with Crippen LogP contribution in [-0.4, -0.2) is 57.2 Å². The number of aromatic nitrogens is 2. The van der Waals surface area contributed by atoms with Crippen molar-refractivity contribution in [3.63, 3.8) is 0 Å². The normalized spacial score (nSPS) is 21.9. The summed E-state index contributed by atoms with van der Waals surface area (Å²) in [4.78, 5) is 35.1. The van der Waals surface area contributed by atoms with E-state index in [0.29, 0.717) is 29.5 Å². The minimum absolute atomic E-state index is 0.133. The zero-order valence-corrected chi connectivity index (χ0v) is 21.0. The molecule has 4 rings (SSSR count). The molecule has 2 amide bonds. The minimum atomic E-state index is -0.894. The number of nitrogens with zero attached hydrogens (tertiary/aromatic N) is 4. The van der Waals surface area contributed by atoms with Crippen molar-refractivity contribution in [3.05, 3.63) is 40.9 Å². The molecule has 9 heteroatoms. The maximum absolute atomic E-state index is 14.0. The molecule has 0 bridgehead atoms. The van der Waals surface area contributed by atoms with Crippen LogP contribution in [0.2, 0.25) is 5.02 Å². The molecule has 0 saturated carbocycles. The molecule has 1 aromatic carbocycles. The lowest BCUT2D eigenvalue weighted by Crippen LogP contribution is -2.62. The van der Waals surface area contributed by atoms with Gasteiger partial charge in [0.1, 0.15) is 11.9 Å². The summed E-state index contributed by atoms with van der Waals surface area (Å²) < 4.78 is 7.49. The van der Waals surface area contributed by atoms with Gasteiger partial charge in [0, 0.05) is 30.2 Å². The lowest BCUT2D eigenvalue weighted by Gasteiger charge is -2.47. The first-order valence-electron chi connectivity index (χ1n) is 11.3. The number of nitrogens with one attached hydrogen (secondary N) is 1. The molecule has 0 aliphatic carbocycles. The number of fused-ring (bicyclic) bond motifs is 3. The van der Waals surface area contributed by atoms with Crippen molar-refractivity contribution in [3.8, 4) is 5.69 Å². The average Bonchev–Trinajstić information content (AvgIpc) is 3.12. The highest BCUT2D eigenvalue weighted by atomic mass is 35.5. The zero-order chi connectivity index (χ0) is 24.3. The number of carbonyl (C=O) groups is 2. The van der Waals surface area contributed by atoms with Crippen molar-refractivity contribution in [1.82, 2.24) is 19.8 Å². The van der Waals surface area contributed by atoms with Gasteiger partial charge in [-0.1, -0.05) is 11.6 Å². The molecule has 1 N–H and O–H groups in total. The fourth-order valence-electron chi connectivity index (χ4n) is 4.84. The Bertz CT molecular complexity index is 1090. The van der Waals surface area contributed by atoms with E-state index in [4.69, 9.17) is 16.3 Å². The average molecular weight is 474 g/mol. The molecule has 0 unspecified atom stereocenters. The molecule has 2 aliphatic heterocycles. The van der Waals surface area contributed by atoms with E-state index in [1.807, 2.05) is 50.2 Å². The molecular formula is C24H32ClN5O3. The molecule has 8 nitrogen and oxygen atoms in total. The van der Waals surface area contributed by atoms with Gasteiger partial charge in [0.25, 0.3) is 0 Å².